The lowest BCUT2D eigenvalue weighted by molar-refractivity contribution is -0.137. The molecule has 1 atom stereocenters. The van der Waals surface area contributed by atoms with Crippen molar-refractivity contribution >= 4 is 23.6 Å². The van der Waals surface area contributed by atoms with E-state index in [0.29, 0.717) is 11.1 Å². The topological polar surface area (TPSA) is 103 Å². The Labute approximate surface area is 224 Å². The number of amides is 3. The Balaban J connectivity index is 2.10. The smallest absolute Gasteiger partial charge is 0.416 e. The molecule has 1 N–H and O–H groups in total. The summed E-state index contributed by atoms with van der Waals surface area (Å²) in [4.78, 5) is 41.4. The first-order valence-corrected chi connectivity index (χ1v) is 12.1. The average molecular weight is 543 g/mol. The first-order valence-electron chi connectivity index (χ1n) is 12.1. The normalized spacial score (nSPS) is 16.2. The number of ketones is 1. The zero-order valence-corrected chi connectivity index (χ0v) is 22.2. The summed E-state index contributed by atoms with van der Waals surface area (Å²) in [5.74, 6) is -0.400. The number of halogens is 3. The first kappa shape index (κ1) is 29.2. The highest BCUT2D eigenvalue weighted by molar-refractivity contribution is 6.04. The predicted octanol–water partition coefficient (Wildman–Crippen LogP) is 5.95. The number of benzene rings is 2. The van der Waals surface area contributed by atoms with Gasteiger partial charge in [0.2, 0.25) is 0 Å². The number of carbonyl (C=O) groups is 3. The lowest BCUT2D eigenvalue weighted by Gasteiger charge is -2.43. The van der Waals surface area contributed by atoms with Gasteiger partial charge in [-0.15, -0.1) is 0 Å². The number of Topliss-reactive ketones (excluding diaryl/α,β-unsaturated/α-hetero) is 1. The van der Waals surface area contributed by atoms with Gasteiger partial charge in [0.15, 0.2) is 5.78 Å². The summed E-state index contributed by atoms with van der Waals surface area (Å²) in [7, 11) is 0. The van der Waals surface area contributed by atoms with E-state index in [0.717, 1.165) is 17.0 Å². The molecule has 0 aliphatic carbocycles. The van der Waals surface area contributed by atoms with E-state index in [1.165, 1.54) is 43.0 Å². The van der Waals surface area contributed by atoms with E-state index in [2.05, 4.69) is 5.32 Å². The summed E-state index contributed by atoms with van der Waals surface area (Å²) < 4.78 is 45.6. The lowest BCUT2D eigenvalue weighted by atomic mass is 9.90. The Morgan fingerprint density at radius 2 is 1.74 bits per heavy atom. The second-order valence-corrected chi connectivity index (χ2v) is 10.1. The molecule has 11 heteroatoms. The fourth-order valence-electron chi connectivity index (χ4n) is 4.32. The number of allylic oxidation sites excluding steroid dienone is 1. The van der Waals surface area contributed by atoms with Gasteiger partial charge in [-0.2, -0.15) is 18.4 Å². The summed E-state index contributed by atoms with van der Waals surface area (Å²) in [6.07, 6.45) is -5.36. The molecule has 1 aliphatic rings. The van der Waals surface area contributed by atoms with Crippen LogP contribution in [0.25, 0.3) is 0 Å². The molecule has 1 aliphatic heterocycles. The van der Waals surface area contributed by atoms with Crippen molar-refractivity contribution < 1.29 is 32.3 Å². The Morgan fingerprint density at radius 1 is 1.10 bits per heavy atom. The van der Waals surface area contributed by atoms with Crippen LogP contribution in [0, 0.1) is 11.3 Å². The van der Waals surface area contributed by atoms with Gasteiger partial charge in [-0.25, -0.2) is 9.59 Å². The van der Waals surface area contributed by atoms with Crippen LogP contribution in [-0.2, 0) is 15.7 Å². The molecule has 0 aromatic heterocycles. The molecule has 2 aromatic carbocycles. The number of carbonyl (C=O) groups excluding carboxylic acids is 3. The molecule has 0 saturated heterocycles. The maximum Gasteiger partial charge on any atom is 0.416 e. The molecular weight excluding hydrogens is 513 g/mol. The van der Waals surface area contributed by atoms with Crippen LogP contribution in [0.2, 0.25) is 0 Å². The van der Waals surface area contributed by atoms with Crippen LogP contribution in [0.1, 0.15) is 57.4 Å². The molecular formula is C28H29F3N4O4. The minimum Gasteiger partial charge on any atom is -0.448 e. The van der Waals surface area contributed by atoms with Crippen LogP contribution in [0.4, 0.5) is 28.4 Å². The molecule has 8 nitrogen and oxygen atoms in total. The third-order valence-corrected chi connectivity index (χ3v) is 5.96. The minimum atomic E-state index is -4.64. The van der Waals surface area contributed by atoms with Crippen LogP contribution in [0.3, 0.4) is 0 Å². The van der Waals surface area contributed by atoms with Crippen molar-refractivity contribution in [2.24, 2.45) is 0 Å². The summed E-state index contributed by atoms with van der Waals surface area (Å²) in [5.41, 5.74) is -0.362. The van der Waals surface area contributed by atoms with Crippen molar-refractivity contribution in [2.75, 3.05) is 18.1 Å². The second kappa shape index (κ2) is 11.2. The number of alkyl carbamates (subject to hydrolysis) is 1. The van der Waals surface area contributed by atoms with Crippen molar-refractivity contribution in [2.45, 2.75) is 52.4 Å². The minimum absolute atomic E-state index is 0.0688. The summed E-state index contributed by atoms with van der Waals surface area (Å²) >= 11 is 0. The van der Waals surface area contributed by atoms with Gasteiger partial charge >= 0.3 is 18.3 Å². The summed E-state index contributed by atoms with van der Waals surface area (Å²) in [5, 5.41) is 11.8. The van der Waals surface area contributed by atoms with Gasteiger partial charge in [0.05, 0.1) is 35.5 Å². The van der Waals surface area contributed by atoms with E-state index in [4.69, 9.17) is 4.74 Å². The van der Waals surface area contributed by atoms with Crippen LogP contribution in [0.5, 0.6) is 0 Å². The number of nitriles is 1. The van der Waals surface area contributed by atoms with Gasteiger partial charge in [-0.1, -0.05) is 18.2 Å². The highest BCUT2D eigenvalue weighted by atomic mass is 19.4. The second-order valence-electron chi connectivity index (χ2n) is 10.1. The molecule has 0 spiro atoms. The van der Waals surface area contributed by atoms with Crippen molar-refractivity contribution in [3.8, 4) is 6.07 Å². The summed E-state index contributed by atoms with van der Waals surface area (Å²) in [6, 6.07) is 10.9. The zero-order valence-electron chi connectivity index (χ0n) is 22.2. The predicted molar refractivity (Wildman–Crippen MR) is 138 cm³/mol. The van der Waals surface area contributed by atoms with Crippen molar-refractivity contribution in [1.29, 1.82) is 5.26 Å². The molecule has 2 aromatic rings. The van der Waals surface area contributed by atoms with E-state index in [9.17, 15) is 32.8 Å². The van der Waals surface area contributed by atoms with Crippen LogP contribution in [-0.4, -0.2) is 41.5 Å². The molecule has 0 fully saturated rings. The largest absolute Gasteiger partial charge is 0.448 e. The molecule has 3 amide bonds. The van der Waals surface area contributed by atoms with E-state index < -0.39 is 41.2 Å². The first-order chi connectivity index (χ1) is 18.1. The standard InChI is InChI=1S/C28H29F3N4O4/c1-17-23(18(2)36)24(20-11-9-19(16-32)10-12-20)34(13-14-39-25(37)33-27(3,4)5)26(38)35(17)22-8-6-7-21(15-22)28(29,30)31/h6-12,15,24H,13-14H2,1-5H3,(H,33,37). The van der Waals surface area contributed by atoms with Crippen LogP contribution in [0.15, 0.2) is 59.8 Å². The molecule has 206 valence electrons. The van der Waals surface area contributed by atoms with Crippen molar-refractivity contribution in [3.05, 3.63) is 76.5 Å². The third kappa shape index (κ3) is 6.76. The third-order valence-electron chi connectivity index (χ3n) is 5.96. The van der Waals surface area contributed by atoms with Gasteiger partial charge in [0.25, 0.3) is 0 Å². The number of urea groups is 1. The molecule has 1 heterocycles. The Hall–Kier alpha value is -4.33. The number of hydrogen-bond donors (Lipinski definition) is 1. The fourth-order valence-corrected chi connectivity index (χ4v) is 4.32. The number of rotatable bonds is 6. The maximum absolute atomic E-state index is 13.9. The van der Waals surface area contributed by atoms with Gasteiger partial charge in [0.1, 0.15) is 6.61 Å². The molecule has 0 bridgehead atoms. The molecule has 0 saturated carbocycles. The monoisotopic (exact) mass is 542 g/mol. The fraction of sp³-hybridized carbons (Fsp3) is 0.357. The average Bonchev–Trinajstić information content (AvgIpc) is 2.83. The Morgan fingerprint density at radius 3 is 2.28 bits per heavy atom. The van der Waals surface area contributed by atoms with E-state index in [-0.39, 0.29) is 30.1 Å². The number of ether oxygens (including phenoxy) is 1. The van der Waals surface area contributed by atoms with Crippen molar-refractivity contribution in [3.63, 3.8) is 0 Å². The molecule has 1 unspecified atom stereocenters. The SMILES string of the molecule is CC(=O)C1=C(C)N(c2cccc(C(F)(F)F)c2)C(=O)N(CCOC(=O)NC(C)(C)C)C1c1ccc(C#N)cc1. The molecule has 3 rings (SSSR count). The number of hydrogen-bond acceptors (Lipinski definition) is 5. The number of nitrogens with one attached hydrogen (secondary N) is 1. The Kier molecular flexibility index (Phi) is 8.39. The molecule has 39 heavy (non-hydrogen) atoms. The van der Waals surface area contributed by atoms with Crippen LogP contribution >= 0.6 is 0 Å². The number of alkyl halides is 3. The quantitative estimate of drug-likeness (QED) is 0.486. The van der Waals surface area contributed by atoms with Gasteiger partial charge < -0.3 is 15.0 Å². The Bertz CT molecular complexity index is 1340. The van der Waals surface area contributed by atoms with E-state index >= 15 is 0 Å². The number of anilines is 1. The molecule has 0 radical (unpaired) electrons. The van der Waals surface area contributed by atoms with Crippen LogP contribution < -0.4 is 10.2 Å². The summed E-state index contributed by atoms with van der Waals surface area (Å²) in [6.45, 7) is 7.69. The lowest BCUT2D eigenvalue weighted by Crippen LogP contribution is -2.52. The highest BCUT2D eigenvalue weighted by Crippen LogP contribution is 2.41. The zero-order chi connectivity index (χ0) is 29.1. The van der Waals surface area contributed by atoms with E-state index in [1.807, 2.05) is 6.07 Å². The highest BCUT2D eigenvalue weighted by Gasteiger charge is 2.42. The van der Waals surface area contributed by atoms with Gasteiger partial charge in [-0.3, -0.25) is 9.69 Å². The van der Waals surface area contributed by atoms with Crippen molar-refractivity contribution in [1.82, 2.24) is 10.2 Å². The number of nitrogens with zero attached hydrogens (tertiary/aromatic N) is 3. The maximum atomic E-state index is 13.9. The van der Waals surface area contributed by atoms with Gasteiger partial charge in [-0.05, 0) is 70.5 Å². The van der Waals surface area contributed by atoms with E-state index in [1.54, 1.807) is 32.9 Å². The van der Waals surface area contributed by atoms with Gasteiger partial charge in [0, 0.05) is 16.8 Å².